The molecule has 1 aromatic heterocycles. The molecule has 0 aliphatic carbocycles. The zero-order chi connectivity index (χ0) is 8.27. The Kier molecular flexibility index (Phi) is 2.44. The maximum absolute atomic E-state index is 9.30. The third-order valence-corrected chi connectivity index (χ3v) is 1.56. The minimum atomic E-state index is 0.576. The number of anilines is 1. The Morgan fingerprint density at radius 2 is 2.36 bits per heavy atom. The maximum Gasteiger partial charge on any atom is 0.0846 e. The van der Waals surface area contributed by atoms with E-state index in [2.05, 4.69) is 4.98 Å². The highest BCUT2D eigenvalue weighted by molar-refractivity contribution is 5.46. The summed E-state index contributed by atoms with van der Waals surface area (Å²) in [5.74, 6) is 0. The molecule has 0 aliphatic rings. The number of aromatic nitrogens is 1. The molecule has 0 bridgehead atoms. The van der Waals surface area contributed by atoms with Gasteiger partial charge in [-0.05, 0) is 26.0 Å². The summed E-state index contributed by atoms with van der Waals surface area (Å²) in [7, 11) is 0. The van der Waals surface area contributed by atoms with E-state index in [9.17, 15) is 5.21 Å². The van der Waals surface area contributed by atoms with E-state index in [0.717, 1.165) is 11.4 Å². The number of hydroxylamine groups is 1. The Morgan fingerprint density at radius 3 is 2.91 bits per heavy atom. The van der Waals surface area contributed by atoms with Crippen LogP contribution < -0.4 is 5.06 Å². The van der Waals surface area contributed by atoms with Crippen LogP contribution in [0.4, 0.5) is 5.69 Å². The fraction of sp³-hybridized carbons (Fsp3) is 0.375. The molecule has 0 radical (unpaired) electrons. The van der Waals surface area contributed by atoms with E-state index in [0.29, 0.717) is 6.54 Å². The Balaban J connectivity index is 2.93. The molecule has 1 N–H and O–H groups in total. The summed E-state index contributed by atoms with van der Waals surface area (Å²) in [6.45, 7) is 4.33. The number of rotatable bonds is 2. The Labute approximate surface area is 66.3 Å². The number of pyridine rings is 1. The first-order valence-electron chi connectivity index (χ1n) is 3.63. The number of hydrogen-bond acceptors (Lipinski definition) is 3. The lowest BCUT2D eigenvalue weighted by Gasteiger charge is -2.15. The SMILES string of the molecule is CCN(O)c1cccnc1C. The quantitative estimate of drug-likeness (QED) is 0.654. The van der Waals surface area contributed by atoms with Crippen LogP contribution in [0.2, 0.25) is 0 Å². The smallest absolute Gasteiger partial charge is 0.0846 e. The standard InChI is InChI=1S/C8H12N2O/c1-3-10(11)8-5-4-6-9-7(8)2/h4-6,11H,3H2,1-2H3. The number of hydrogen-bond donors (Lipinski definition) is 1. The first-order valence-corrected chi connectivity index (χ1v) is 3.63. The van der Waals surface area contributed by atoms with Gasteiger partial charge in [0.15, 0.2) is 0 Å². The second-order valence-electron chi connectivity index (χ2n) is 2.32. The van der Waals surface area contributed by atoms with Gasteiger partial charge in [0.25, 0.3) is 0 Å². The minimum Gasteiger partial charge on any atom is -0.288 e. The lowest BCUT2D eigenvalue weighted by atomic mass is 10.3. The van der Waals surface area contributed by atoms with Gasteiger partial charge in [-0.2, -0.15) is 0 Å². The molecular weight excluding hydrogens is 140 g/mol. The Hall–Kier alpha value is -1.09. The Bertz CT molecular complexity index is 237. The fourth-order valence-electron chi connectivity index (χ4n) is 0.919. The van der Waals surface area contributed by atoms with E-state index in [-0.39, 0.29) is 0 Å². The van der Waals surface area contributed by atoms with Gasteiger partial charge in [0.05, 0.1) is 11.4 Å². The van der Waals surface area contributed by atoms with Gasteiger partial charge in [-0.3, -0.25) is 15.3 Å². The molecule has 60 valence electrons. The van der Waals surface area contributed by atoms with Crippen molar-refractivity contribution in [3.63, 3.8) is 0 Å². The van der Waals surface area contributed by atoms with Gasteiger partial charge >= 0.3 is 0 Å². The normalized spacial score (nSPS) is 9.73. The number of nitrogens with zero attached hydrogens (tertiary/aromatic N) is 2. The van der Waals surface area contributed by atoms with Crippen molar-refractivity contribution in [2.75, 3.05) is 11.6 Å². The van der Waals surface area contributed by atoms with E-state index in [1.807, 2.05) is 19.9 Å². The predicted octanol–water partition coefficient (Wildman–Crippen LogP) is 1.61. The summed E-state index contributed by atoms with van der Waals surface area (Å²) in [6.07, 6.45) is 1.71. The first-order chi connectivity index (χ1) is 5.25. The molecule has 0 fully saturated rings. The van der Waals surface area contributed by atoms with Crippen molar-refractivity contribution in [2.45, 2.75) is 13.8 Å². The van der Waals surface area contributed by atoms with Crippen LogP contribution in [0.1, 0.15) is 12.6 Å². The second-order valence-corrected chi connectivity index (χ2v) is 2.32. The molecule has 0 amide bonds. The van der Waals surface area contributed by atoms with Crippen LogP contribution in [0.5, 0.6) is 0 Å². The van der Waals surface area contributed by atoms with Gasteiger partial charge in [0.1, 0.15) is 0 Å². The molecule has 1 aromatic rings. The summed E-state index contributed by atoms with van der Waals surface area (Å²) < 4.78 is 0. The van der Waals surface area contributed by atoms with E-state index in [1.54, 1.807) is 12.3 Å². The highest BCUT2D eigenvalue weighted by atomic mass is 16.5. The Morgan fingerprint density at radius 1 is 1.64 bits per heavy atom. The third-order valence-electron chi connectivity index (χ3n) is 1.56. The van der Waals surface area contributed by atoms with Crippen LogP contribution in [0, 0.1) is 6.92 Å². The molecule has 3 nitrogen and oxygen atoms in total. The molecule has 0 saturated carbocycles. The van der Waals surface area contributed by atoms with E-state index >= 15 is 0 Å². The van der Waals surface area contributed by atoms with Crippen molar-refractivity contribution in [1.29, 1.82) is 0 Å². The largest absolute Gasteiger partial charge is 0.288 e. The molecule has 0 saturated heterocycles. The van der Waals surface area contributed by atoms with Gasteiger partial charge in [0, 0.05) is 12.7 Å². The van der Waals surface area contributed by atoms with Crippen molar-refractivity contribution < 1.29 is 5.21 Å². The summed E-state index contributed by atoms with van der Waals surface area (Å²) in [4.78, 5) is 4.05. The zero-order valence-electron chi connectivity index (χ0n) is 6.78. The van der Waals surface area contributed by atoms with Crippen molar-refractivity contribution in [1.82, 2.24) is 4.98 Å². The van der Waals surface area contributed by atoms with Crippen LogP contribution in [0.25, 0.3) is 0 Å². The molecule has 0 spiro atoms. The van der Waals surface area contributed by atoms with Crippen molar-refractivity contribution in [3.05, 3.63) is 24.0 Å². The lowest BCUT2D eigenvalue weighted by molar-refractivity contribution is 0.259. The van der Waals surface area contributed by atoms with Gasteiger partial charge < -0.3 is 0 Å². The van der Waals surface area contributed by atoms with E-state index in [1.165, 1.54) is 5.06 Å². The molecule has 1 heterocycles. The van der Waals surface area contributed by atoms with Gasteiger partial charge in [-0.25, -0.2) is 0 Å². The highest BCUT2D eigenvalue weighted by Crippen LogP contribution is 2.13. The highest BCUT2D eigenvalue weighted by Gasteiger charge is 2.02. The molecule has 11 heavy (non-hydrogen) atoms. The van der Waals surface area contributed by atoms with Crippen LogP contribution in [0.3, 0.4) is 0 Å². The van der Waals surface area contributed by atoms with Crippen molar-refractivity contribution in [2.24, 2.45) is 0 Å². The van der Waals surface area contributed by atoms with Crippen LogP contribution >= 0.6 is 0 Å². The molecule has 1 rings (SSSR count). The molecular formula is C8H12N2O. The molecule has 0 atom stereocenters. The predicted molar refractivity (Wildman–Crippen MR) is 43.8 cm³/mol. The van der Waals surface area contributed by atoms with E-state index in [4.69, 9.17) is 0 Å². The maximum atomic E-state index is 9.30. The second kappa shape index (κ2) is 3.34. The van der Waals surface area contributed by atoms with Gasteiger partial charge in [-0.1, -0.05) is 0 Å². The van der Waals surface area contributed by atoms with Crippen LogP contribution in [0.15, 0.2) is 18.3 Å². The van der Waals surface area contributed by atoms with Gasteiger partial charge in [-0.15, -0.1) is 0 Å². The summed E-state index contributed by atoms with van der Waals surface area (Å²) in [5, 5.41) is 10.5. The minimum absolute atomic E-state index is 0.576. The summed E-state index contributed by atoms with van der Waals surface area (Å²) in [5.41, 5.74) is 1.62. The molecule has 3 heteroatoms. The summed E-state index contributed by atoms with van der Waals surface area (Å²) >= 11 is 0. The summed E-state index contributed by atoms with van der Waals surface area (Å²) in [6, 6.07) is 3.65. The van der Waals surface area contributed by atoms with E-state index < -0.39 is 0 Å². The first kappa shape index (κ1) is 8.01. The monoisotopic (exact) mass is 152 g/mol. The molecule has 0 aromatic carbocycles. The number of aryl methyl sites for hydroxylation is 1. The topological polar surface area (TPSA) is 36.4 Å². The molecule has 0 unspecified atom stereocenters. The average molecular weight is 152 g/mol. The zero-order valence-corrected chi connectivity index (χ0v) is 6.78. The average Bonchev–Trinajstić information content (AvgIpc) is 2.04. The third kappa shape index (κ3) is 1.68. The van der Waals surface area contributed by atoms with Gasteiger partial charge in [0.2, 0.25) is 0 Å². The lowest BCUT2D eigenvalue weighted by Crippen LogP contribution is -2.18. The van der Waals surface area contributed by atoms with Crippen molar-refractivity contribution in [3.8, 4) is 0 Å². The fourth-order valence-corrected chi connectivity index (χ4v) is 0.919. The van der Waals surface area contributed by atoms with Crippen LogP contribution in [-0.4, -0.2) is 16.7 Å². The molecule has 0 aliphatic heterocycles. The van der Waals surface area contributed by atoms with Crippen molar-refractivity contribution >= 4 is 5.69 Å². The van der Waals surface area contributed by atoms with Crippen LogP contribution in [-0.2, 0) is 0 Å².